The first kappa shape index (κ1) is 16.4. The minimum absolute atomic E-state index is 0.0504. The van der Waals surface area contributed by atoms with Crippen LogP contribution in [0.2, 0.25) is 18.1 Å². The highest BCUT2D eigenvalue weighted by molar-refractivity contribution is 9.10. The van der Waals surface area contributed by atoms with Crippen LogP contribution >= 0.6 is 15.9 Å². The molecule has 0 N–H and O–H groups in total. The quantitative estimate of drug-likeness (QED) is 0.550. The third kappa shape index (κ3) is 3.48. The molecule has 0 aliphatic carbocycles. The Morgan fingerprint density at radius 2 is 1.63 bits per heavy atom. The highest BCUT2D eigenvalue weighted by Crippen LogP contribution is 2.37. The molecule has 0 aliphatic rings. The van der Waals surface area contributed by atoms with Gasteiger partial charge in [0, 0.05) is 4.47 Å². The Balaban J connectivity index is 3.28. The number of carbonyl (C=O) groups is 1. The van der Waals surface area contributed by atoms with Gasteiger partial charge in [-0.2, -0.15) is 0 Å². The lowest BCUT2D eigenvalue weighted by atomic mass is 10.1. The summed E-state index contributed by atoms with van der Waals surface area (Å²) in [6.07, 6.45) is 0. The van der Waals surface area contributed by atoms with Gasteiger partial charge in [-0.1, -0.05) is 67.0 Å². The van der Waals surface area contributed by atoms with E-state index >= 15 is 0 Å². The van der Waals surface area contributed by atoms with E-state index in [9.17, 15) is 4.79 Å². The summed E-state index contributed by atoms with van der Waals surface area (Å²) >= 11 is 3.45. The van der Waals surface area contributed by atoms with Gasteiger partial charge in [0.15, 0.2) is 0 Å². The third-order valence-corrected chi connectivity index (χ3v) is 10.9. The zero-order valence-corrected chi connectivity index (χ0v) is 14.8. The number of rotatable bonds is 6. The van der Waals surface area contributed by atoms with Crippen molar-refractivity contribution >= 4 is 30.0 Å². The van der Waals surface area contributed by atoms with Crippen LogP contribution < -0.4 is 0 Å². The van der Waals surface area contributed by atoms with E-state index in [2.05, 4.69) is 48.8 Å². The van der Waals surface area contributed by atoms with Gasteiger partial charge >= 0.3 is 5.97 Å². The van der Waals surface area contributed by atoms with Gasteiger partial charge in [-0.05, 0) is 17.7 Å². The predicted molar refractivity (Wildman–Crippen MR) is 86.1 cm³/mol. The normalized spacial score (nSPS) is 13.1. The molecule has 0 aliphatic heterocycles. The Morgan fingerprint density at radius 1 is 1.16 bits per heavy atom. The Labute approximate surface area is 125 Å². The van der Waals surface area contributed by atoms with Gasteiger partial charge < -0.3 is 4.74 Å². The molecule has 0 bridgehead atoms. The first-order valence-electron chi connectivity index (χ1n) is 6.87. The second-order valence-electron chi connectivity index (χ2n) is 4.93. The van der Waals surface area contributed by atoms with Crippen LogP contribution in [0.25, 0.3) is 0 Å². The number of halogens is 1. The SMILES string of the molecule is CC[Si](CC)(CC)C(C(=O)OC)c1ccc(Br)cc1. The summed E-state index contributed by atoms with van der Waals surface area (Å²) in [7, 11) is -0.185. The van der Waals surface area contributed by atoms with Gasteiger partial charge in [-0.3, -0.25) is 4.79 Å². The molecule has 106 valence electrons. The zero-order valence-electron chi connectivity index (χ0n) is 12.2. The van der Waals surface area contributed by atoms with Crippen LogP contribution in [0.15, 0.2) is 28.7 Å². The third-order valence-electron chi connectivity index (χ3n) is 4.36. The van der Waals surface area contributed by atoms with Gasteiger partial charge in [0.1, 0.15) is 0 Å². The van der Waals surface area contributed by atoms with E-state index in [-0.39, 0.29) is 11.5 Å². The first-order valence-corrected chi connectivity index (χ1v) is 10.4. The van der Waals surface area contributed by atoms with Crippen molar-refractivity contribution in [1.29, 1.82) is 0 Å². The second-order valence-corrected chi connectivity index (χ2v) is 11.3. The Kier molecular flexibility index (Phi) is 6.27. The number of esters is 1. The molecular weight excluding hydrogens is 320 g/mol. The van der Waals surface area contributed by atoms with Gasteiger partial charge in [0.2, 0.25) is 0 Å². The monoisotopic (exact) mass is 342 g/mol. The van der Waals surface area contributed by atoms with Crippen LogP contribution in [0.3, 0.4) is 0 Å². The fourth-order valence-corrected chi connectivity index (χ4v) is 7.38. The molecule has 1 unspecified atom stereocenters. The molecule has 0 heterocycles. The van der Waals surface area contributed by atoms with Gasteiger partial charge in [-0.25, -0.2) is 0 Å². The van der Waals surface area contributed by atoms with Crippen molar-refractivity contribution in [3.63, 3.8) is 0 Å². The van der Waals surface area contributed by atoms with E-state index in [1.165, 1.54) is 7.11 Å². The number of ether oxygens (including phenoxy) is 1. The molecule has 19 heavy (non-hydrogen) atoms. The molecule has 4 heteroatoms. The van der Waals surface area contributed by atoms with Crippen molar-refractivity contribution in [3.05, 3.63) is 34.3 Å². The zero-order chi connectivity index (χ0) is 14.5. The molecule has 2 nitrogen and oxygen atoms in total. The van der Waals surface area contributed by atoms with E-state index < -0.39 is 8.07 Å². The minimum Gasteiger partial charge on any atom is -0.469 e. The van der Waals surface area contributed by atoms with Gasteiger partial charge in [0.25, 0.3) is 0 Å². The van der Waals surface area contributed by atoms with Crippen LogP contribution in [-0.4, -0.2) is 21.2 Å². The number of carbonyl (C=O) groups excluding carboxylic acids is 1. The molecule has 1 aromatic rings. The van der Waals surface area contributed by atoms with Crippen molar-refractivity contribution in [2.24, 2.45) is 0 Å². The van der Waals surface area contributed by atoms with Crippen LogP contribution in [0.5, 0.6) is 0 Å². The topological polar surface area (TPSA) is 26.3 Å². The Hall–Kier alpha value is -0.613. The highest BCUT2D eigenvalue weighted by atomic mass is 79.9. The van der Waals surface area contributed by atoms with E-state index in [1.54, 1.807) is 0 Å². The second kappa shape index (κ2) is 7.24. The molecule has 0 saturated heterocycles. The maximum Gasteiger partial charge on any atom is 0.310 e. The summed E-state index contributed by atoms with van der Waals surface area (Å²) in [4.78, 5) is 12.3. The molecule has 1 aromatic carbocycles. The molecule has 1 atom stereocenters. The first-order chi connectivity index (χ1) is 9.04. The lowest BCUT2D eigenvalue weighted by Crippen LogP contribution is -2.44. The molecule has 0 aromatic heterocycles. The van der Waals surface area contributed by atoms with Crippen LogP contribution in [-0.2, 0) is 9.53 Å². The molecule has 0 radical (unpaired) electrons. The average Bonchev–Trinajstić information content (AvgIpc) is 2.46. The standard InChI is InChI=1S/C15H23BrO2Si/c1-5-19(6-2,7-3)14(15(17)18-4)12-8-10-13(16)11-9-12/h8-11,14H,5-7H2,1-4H3. The molecule has 1 rings (SSSR count). The summed E-state index contributed by atoms with van der Waals surface area (Å²) in [6.45, 7) is 6.65. The summed E-state index contributed by atoms with van der Waals surface area (Å²) in [6, 6.07) is 11.4. The van der Waals surface area contributed by atoms with Gasteiger partial charge in [0.05, 0.1) is 20.7 Å². The Bertz CT molecular complexity index is 404. The smallest absolute Gasteiger partial charge is 0.310 e. The average molecular weight is 343 g/mol. The van der Waals surface area contributed by atoms with Crippen molar-refractivity contribution in [3.8, 4) is 0 Å². The summed E-state index contributed by atoms with van der Waals surface area (Å²) in [5.74, 6) is -0.0699. The van der Waals surface area contributed by atoms with E-state index in [0.29, 0.717) is 0 Å². The lowest BCUT2D eigenvalue weighted by Gasteiger charge is -2.35. The lowest BCUT2D eigenvalue weighted by molar-refractivity contribution is -0.140. The molecule has 0 saturated carbocycles. The fraction of sp³-hybridized carbons (Fsp3) is 0.533. The van der Waals surface area contributed by atoms with Crippen molar-refractivity contribution in [2.45, 2.75) is 44.4 Å². The molecular formula is C15H23BrO2Si. The van der Waals surface area contributed by atoms with Crippen molar-refractivity contribution in [1.82, 2.24) is 0 Å². The van der Waals surface area contributed by atoms with Crippen LogP contribution in [0, 0.1) is 0 Å². The maximum atomic E-state index is 12.3. The summed E-state index contributed by atoms with van der Waals surface area (Å²) in [5.41, 5.74) is 1.05. The van der Waals surface area contributed by atoms with E-state index in [0.717, 1.165) is 28.2 Å². The maximum absolute atomic E-state index is 12.3. The molecule has 0 amide bonds. The summed E-state index contributed by atoms with van der Waals surface area (Å²) < 4.78 is 6.13. The number of hydrogen-bond acceptors (Lipinski definition) is 2. The van der Waals surface area contributed by atoms with Crippen molar-refractivity contribution < 1.29 is 9.53 Å². The van der Waals surface area contributed by atoms with Crippen LogP contribution in [0.1, 0.15) is 31.9 Å². The molecule has 0 spiro atoms. The van der Waals surface area contributed by atoms with Crippen molar-refractivity contribution in [2.75, 3.05) is 7.11 Å². The minimum atomic E-state index is -1.68. The van der Waals surface area contributed by atoms with Crippen LogP contribution in [0.4, 0.5) is 0 Å². The molecule has 0 fully saturated rings. The largest absolute Gasteiger partial charge is 0.469 e. The fourth-order valence-electron chi connectivity index (χ4n) is 2.88. The number of hydrogen-bond donors (Lipinski definition) is 0. The Morgan fingerprint density at radius 3 is 2.00 bits per heavy atom. The highest BCUT2D eigenvalue weighted by Gasteiger charge is 2.42. The predicted octanol–water partition coefficient (Wildman–Crippen LogP) is 4.75. The number of methoxy groups -OCH3 is 1. The van der Waals surface area contributed by atoms with E-state index in [1.807, 2.05) is 12.1 Å². The van der Waals surface area contributed by atoms with Gasteiger partial charge in [-0.15, -0.1) is 0 Å². The van der Waals surface area contributed by atoms with E-state index in [4.69, 9.17) is 4.74 Å². The summed E-state index contributed by atoms with van der Waals surface area (Å²) in [5, 5.41) is 0. The number of benzene rings is 1.